The van der Waals surface area contributed by atoms with E-state index in [2.05, 4.69) is 10.5 Å². The summed E-state index contributed by atoms with van der Waals surface area (Å²) in [6.45, 7) is 0.295. The van der Waals surface area contributed by atoms with Gasteiger partial charge in [0.25, 0.3) is 5.91 Å². The van der Waals surface area contributed by atoms with E-state index in [4.69, 9.17) is 14.2 Å². The third-order valence-corrected chi connectivity index (χ3v) is 3.96. The molecule has 1 N–H and O–H groups in total. The number of carbonyl (C=O) groups is 1. The Morgan fingerprint density at radius 3 is 2.52 bits per heavy atom. The van der Waals surface area contributed by atoms with Crippen LogP contribution in [-0.2, 0) is 11.4 Å². The van der Waals surface area contributed by atoms with Crippen molar-refractivity contribution in [3.63, 3.8) is 0 Å². The molecule has 6 nitrogen and oxygen atoms in total. The minimum atomic E-state index is -0.369. The Morgan fingerprint density at radius 2 is 1.69 bits per heavy atom. The van der Waals surface area contributed by atoms with Crippen LogP contribution in [0.5, 0.6) is 17.2 Å². The number of amides is 1. The number of benzene rings is 3. The monoisotopic (exact) mass is 390 g/mol. The fourth-order valence-corrected chi connectivity index (χ4v) is 2.50. The van der Waals surface area contributed by atoms with Crippen molar-refractivity contribution < 1.29 is 19.0 Å². The van der Waals surface area contributed by atoms with Crippen LogP contribution in [0.3, 0.4) is 0 Å². The number of nitrogens with zero attached hydrogens (tertiary/aromatic N) is 1. The summed E-state index contributed by atoms with van der Waals surface area (Å²) in [7, 11) is 1.57. The van der Waals surface area contributed by atoms with Gasteiger partial charge in [-0.05, 0) is 29.8 Å². The molecule has 0 unspecified atom stereocenters. The van der Waals surface area contributed by atoms with Crippen molar-refractivity contribution in [2.45, 2.75) is 6.61 Å². The summed E-state index contributed by atoms with van der Waals surface area (Å²) < 4.78 is 16.4. The molecule has 3 aromatic rings. The van der Waals surface area contributed by atoms with Crippen LogP contribution in [0, 0.1) is 0 Å². The standard InChI is InChI=1S/C23H22N2O4/c1-27-20-11-7-12-21(14-20)28-17-23(26)25-24-15-19-10-5-6-13-22(19)29-16-18-8-3-2-4-9-18/h2-15H,16-17H2,1H3,(H,25,26)/b24-15+. The van der Waals surface area contributed by atoms with Crippen LogP contribution in [0.1, 0.15) is 11.1 Å². The molecular weight excluding hydrogens is 368 g/mol. The second-order valence-electron chi connectivity index (χ2n) is 6.07. The summed E-state index contributed by atoms with van der Waals surface area (Å²) in [4.78, 5) is 11.9. The lowest BCUT2D eigenvalue weighted by Crippen LogP contribution is -2.24. The van der Waals surface area contributed by atoms with Crippen LogP contribution in [-0.4, -0.2) is 25.8 Å². The van der Waals surface area contributed by atoms with Gasteiger partial charge in [-0.1, -0.05) is 48.5 Å². The van der Waals surface area contributed by atoms with Gasteiger partial charge in [-0.3, -0.25) is 4.79 Å². The predicted molar refractivity (Wildman–Crippen MR) is 111 cm³/mol. The highest BCUT2D eigenvalue weighted by atomic mass is 16.5. The number of rotatable bonds is 9. The zero-order chi connectivity index (χ0) is 20.3. The number of carbonyl (C=O) groups excluding carboxylic acids is 1. The van der Waals surface area contributed by atoms with Crippen LogP contribution >= 0.6 is 0 Å². The first-order valence-corrected chi connectivity index (χ1v) is 9.09. The lowest BCUT2D eigenvalue weighted by Gasteiger charge is -2.09. The molecule has 1 amide bonds. The van der Waals surface area contributed by atoms with Gasteiger partial charge in [0.05, 0.1) is 13.3 Å². The molecule has 148 valence electrons. The zero-order valence-electron chi connectivity index (χ0n) is 16.1. The molecule has 0 heterocycles. The fourth-order valence-electron chi connectivity index (χ4n) is 2.50. The number of para-hydroxylation sites is 1. The SMILES string of the molecule is COc1cccc(OCC(=O)N/N=C/c2ccccc2OCc2ccccc2)c1. The van der Waals surface area contributed by atoms with Crippen molar-refractivity contribution in [3.05, 3.63) is 90.0 Å². The van der Waals surface area contributed by atoms with Crippen LogP contribution in [0.15, 0.2) is 84.0 Å². The predicted octanol–water partition coefficient (Wildman–Crippen LogP) is 3.80. The van der Waals surface area contributed by atoms with E-state index < -0.39 is 0 Å². The van der Waals surface area contributed by atoms with Crippen molar-refractivity contribution in [1.29, 1.82) is 0 Å². The molecule has 0 spiro atoms. The molecule has 0 aliphatic heterocycles. The molecule has 3 aromatic carbocycles. The van der Waals surface area contributed by atoms with Crippen LogP contribution in [0.4, 0.5) is 0 Å². The smallest absolute Gasteiger partial charge is 0.277 e. The summed E-state index contributed by atoms with van der Waals surface area (Å²) in [6.07, 6.45) is 1.55. The van der Waals surface area contributed by atoms with Crippen molar-refractivity contribution in [1.82, 2.24) is 5.43 Å². The zero-order valence-corrected chi connectivity index (χ0v) is 16.1. The molecule has 0 aromatic heterocycles. The van der Waals surface area contributed by atoms with Gasteiger partial charge in [0, 0.05) is 11.6 Å². The first-order chi connectivity index (χ1) is 14.2. The fraction of sp³-hybridized carbons (Fsp3) is 0.130. The lowest BCUT2D eigenvalue weighted by molar-refractivity contribution is -0.123. The molecule has 0 fully saturated rings. The maximum absolute atomic E-state index is 11.9. The van der Waals surface area contributed by atoms with E-state index in [1.165, 1.54) is 0 Å². The Kier molecular flexibility index (Phi) is 7.23. The Labute approximate surface area is 169 Å². The highest BCUT2D eigenvalue weighted by Gasteiger charge is 2.04. The minimum Gasteiger partial charge on any atom is -0.497 e. The number of hydrogen-bond donors (Lipinski definition) is 1. The minimum absolute atomic E-state index is 0.156. The van der Waals surface area contributed by atoms with Crippen molar-refractivity contribution >= 4 is 12.1 Å². The summed E-state index contributed by atoms with van der Waals surface area (Å²) in [6, 6.07) is 24.4. The van der Waals surface area contributed by atoms with Gasteiger partial charge in [-0.2, -0.15) is 5.10 Å². The maximum atomic E-state index is 11.9. The molecule has 0 bridgehead atoms. The topological polar surface area (TPSA) is 69.2 Å². The number of hydrogen-bond acceptors (Lipinski definition) is 5. The Bertz CT molecular complexity index is 958. The third-order valence-electron chi connectivity index (χ3n) is 3.96. The quantitative estimate of drug-likeness (QED) is 0.446. The van der Waals surface area contributed by atoms with E-state index in [0.29, 0.717) is 23.9 Å². The van der Waals surface area contributed by atoms with Gasteiger partial charge in [0.1, 0.15) is 23.9 Å². The molecule has 0 saturated carbocycles. The van der Waals surface area contributed by atoms with Gasteiger partial charge < -0.3 is 14.2 Å². The molecule has 6 heteroatoms. The highest BCUT2D eigenvalue weighted by molar-refractivity contribution is 5.85. The first kappa shape index (κ1) is 19.9. The Balaban J connectivity index is 1.51. The molecule has 0 atom stereocenters. The maximum Gasteiger partial charge on any atom is 0.277 e. The van der Waals surface area contributed by atoms with E-state index >= 15 is 0 Å². The number of ether oxygens (including phenoxy) is 3. The Morgan fingerprint density at radius 1 is 0.931 bits per heavy atom. The third kappa shape index (κ3) is 6.39. The first-order valence-electron chi connectivity index (χ1n) is 9.09. The van der Waals surface area contributed by atoms with E-state index in [-0.39, 0.29) is 12.5 Å². The van der Waals surface area contributed by atoms with Crippen LogP contribution in [0.2, 0.25) is 0 Å². The normalized spacial score (nSPS) is 10.5. The van der Waals surface area contributed by atoms with Gasteiger partial charge in [-0.15, -0.1) is 0 Å². The number of hydrazone groups is 1. The molecule has 0 aliphatic carbocycles. The van der Waals surface area contributed by atoms with Crippen LogP contribution in [0.25, 0.3) is 0 Å². The van der Waals surface area contributed by atoms with Crippen molar-refractivity contribution in [3.8, 4) is 17.2 Å². The average Bonchev–Trinajstić information content (AvgIpc) is 2.78. The van der Waals surface area contributed by atoms with Gasteiger partial charge in [0.2, 0.25) is 0 Å². The summed E-state index contributed by atoms with van der Waals surface area (Å²) in [5.74, 6) is 1.52. The highest BCUT2D eigenvalue weighted by Crippen LogP contribution is 2.19. The van der Waals surface area contributed by atoms with Gasteiger partial charge >= 0.3 is 0 Å². The largest absolute Gasteiger partial charge is 0.497 e. The molecule has 0 radical (unpaired) electrons. The van der Waals surface area contributed by atoms with E-state index in [9.17, 15) is 4.79 Å². The van der Waals surface area contributed by atoms with E-state index in [1.54, 1.807) is 37.6 Å². The van der Waals surface area contributed by atoms with Crippen molar-refractivity contribution in [2.75, 3.05) is 13.7 Å². The molecule has 0 aliphatic rings. The summed E-state index contributed by atoms with van der Waals surface area (Å²) >= 11 is 0. The summed E-state index contributed by atoms with van der Waals surface area (Å²) in [5, 5.41) is 3.99. The lowest BCUT2D eigenvalue weighted by atomic mass is 10.2. The van der Waals surface area contributed by atoms with Gasteiger partial charge in [-0.25, -0.2) is 5.43 Å². The molecular formula is C23H22N2O4. The molecule has 29 heavy (non-hydrogen) atoms. The second kappa shape index (κ2) is 10.5. The summed E-state index contributed by atoms with van der Waals surface area (Å²) in [5.41, 5.74) is 4.28. The van der Waals surface area contributed by atoms with Crippen molar-refractivity contribution in [2.24, 2.45) is 5.10 Å². The van der Waals surface area contributed by atoms with E-state index in [1.807, 2.05) is 54.6 Å². The number of nitrogens with one attached hydrogen (secondary N) is 1. The van der Waals surface area contributed by atoms with Crippen LogP contribution < -0.4 is 19.6 Å². The molecule has 0 saturated heterocycles. The number of methoxy groups -OCH3 is 1. The second-order valence-corrected chi connectivity index (χ2v) is 6.07. The average molecular weight is 390 g/mol. The Hall–Kier alpha value is -3.80. The van der Waals surface area contributed by atoms with E-state index in [0.717, 1.165) is 11.1 Å². The van der Waals surface area contributed by atoms with Gasteiger partial charge in [0.15, 0.2) is 6.61 Å². The molecule has 3 rings (SSSR count).